The molecule has 2 amide bonds. The molecule has 0 aromatic heterocycles. The van der Waals surface area contributed by atoms with Crippen molar-refractivity contribution in [3.05, 3.63) is 0 Å². The zero-order valence-electron chi connectivity index (χ0n) is 12.8. The highest BCUT2D eigenvalue weighted by atomic mass is 16.4. The van der Waals surface area contributed by atoms with Gasteiger partial charge in [0.15, 0.2) is 0 Å². The minimum atomic E-state index is -0.772. The lowest BCUT2D eigenvalue weighted by Gasteiger charge is -2.36. The van der Waals surface area contributed by atoms with E-state index < -0.39 is 5.97 Å². The van der Waals surface area contributed by atoms with Crippen molar-refractivity contribution in [2.45, 2.75) is 45.6 Å². The van der Waals surface area contributed by atoms with E-state index in [0.717, 1.165) is 25.9 Å². The van der Waals surface area contributed by atoms with Gasteiger partial charge in [-0.05, 0) is 20.3 Å². The molecule has 116 valence electrons. The van der Waals surface area contributed by atoms with Gasteiger partial charge in [-0.1, -0.05) is 13.3 Å². The Kier molecular flexibility index (Phi) is 6.26. The van der Waals surface area contributed by atoms with Gasteiger partial charge in [0.25, 0.3) is 0 Å². The highest BCUT2D eigenvalue weighted by Crippen LogP contribution is 2.12. The van der Waals surface area contributed by atoms with Crippen molar-refractivity contribution < 1.29 is 14.7 Å². The minimum absolute atomic E-state index is 0.0127. The Morgan fingerprint density at radius 1 is 1.20 bits per heavy atom. The van der Waals surface area contributed by atoms with E-state index in [-0.39, 0.29) is 18.0 Å². The van der Waals surface area contributed by atoms with Gasteiger partial charge in [-0.3, -0.25) is 9.69 Å². The van der Waals surface area contributed by atoms with Crippen molar-refractivity contribution in [1.82, 2.24) is 15.1 Å². The number of amides is 2. The van der Waals surface area contributed by atoms with Crippen molar-refractivity contribution >= 4 is 12.0 Å². The van der Waals surface area contributed by atoms with Crippen LogP contribution in [0.5, 0.6) is 0 Å². The molecular formula is C14H27N3O3. The lowest BCUT2D eigenvalue weighted by atomic mass is 9.99. The third-order valence-electron chi connectivity index (χ3n) is 3.62. The summed E-state index contributed by atoms with van der Waals surface area (Å²) in [6, 6.07) is -0.0127. The van der Waals surface area contributed by atoms with Crippen LogP contribution in [0, 0.1) is 0 Å². The fourth-order valence-electron chi connectivity index (χ4n) is 2.48. The van der Waals surface area contributed by atoms with Gasteiger partial charge >= 0.3 is 12.0 Å². The zero-order valence-corrected chi connectivity index (χ0v) is 12.8. The smallest absolute Gasteiger partial charge is 0.317 e. The molecular weight excluding hydrogens is 258 g/mol. The summed E-state index contributed by atoms with van der Waals surface area (Å²) >= 11 is 0. The average molecular weight is 285 g/mol. The summed E-state index contributed by atoms with van der Waals surface area (Å²) < 4.78 is 0. The predicted molar refractivity (Wildman–Crippen MR) is 77.8 cm³/mol. The molecule has 0 saturated carbocycles. The fraction of sp³-hybridized carbons (Fsp3) is 0.857. The molecule has 0 aliphatic carbocycles. The van der Waals surface area contributed by atoms with Crippen LogP contribution in [-0.4, -0.2) is 65.2 Å². The second kappa shape index (κ2) is 7.47. The quantitative estimate of drug-likeness (QED) is 0.773. The second-order valence-corrected chi connectivity index (χ2v) is 6.04. The summed E-state index contributed by atoms with van der Waals surface area (Å²) in [5, 5.41) is 11.7. The van der Waals surface area contributed by atoms with E-state index in [1.54, 1.807) is 0 Å². The molecule has 6 nitrogen and oxygen atoms in total. The van der Waals surface area contributed by atoms with Crippen molar-refractivity contribution in [3.63, 3.8) is 0 Å². The van der Waals surface area contributed by atoms with E-state index in [4.69, 9.17) is 5.11 Å². The first-order chi connectivity index (χ1) is 9.34. The molecule has 1 fully saturated rings. The van der Waals surface area contributed by atoms with Gasteiger partial charge in [-0.15, -0.1) is 0 Å². The van der Waals surface area contributed by atoms with Crippen molar-refractivity contribution in [1.29, 1.82) is 0 Å². The Bertz CT molecular complexity index is 337. The van der Waals surface area contributed by atoms with Gasteiger partial charge < -0.3 is 15.3 Å². The summed E-state index contributed by atoms with van der Waals surface area (Å²) in [4.78, 5) is 26.6. The van der Waals surface area contributed by atoms with Crippen LogP contribution in [0.3, 0.4) is 0 Å². The first-order valence-electron chi connectivity index (χ1n) is 7.35. The number of nitrogens with one attached hydrogen (secondary N) is 1. The standard InChI is InChI=1S/C14H27N3O3/c1-4-6-14(2,3)15-13(20)17-10-8-16(9-11-17)7-5-12(18)19/h4-11H2,1-3H3,(H,15,20)(H,18,19). The van der Waals surface area contributed by atoms with Gasteiger partial charge in [0.2, 0.25) is 0 Å². The number of nitrogens with zero attached hydrogens (tertiary/aromatic N) is 2. The van der Waals surface area contributed by atoms with Gasteiger partial charge in [0, 0.05) is 38.3 Å². The zero-order chi connectivity index (χ0) is 15.2. The summed E-state index contributed by atoms with van der Waals surface area (Å²) in [6.45, 7) is 9.56. The van der Waals surface area contributed by atoms with Gasteiger partial charge in [-0.25, -0.2) is 4.79 Å². The molecule has 0 aromatic rings. The maximum absolute atomic E-state index is 12.2. The Balaban J connectivity index is 2.33. The van der Waals surface area contributed by atoms with Crippen LogP contribution in [0.4, 0.5) is 4.79 Å². The Labute approximate surface area is 121 Å². The van der Waals surface area contributed by atoms with Crippen LogP contribution in [0.25, 0.3) is 0 Å². The number of piperazine rings is 1. The number of aliphatic carboxylic acids is 1. The van der Waals surface area contributed by atoms with E-state index >= 15 is 0 Å². The van der Waals surface area contributed by atoms with Crippen LogP contribution >= 0.6 is 0 Å². The third kappa shape index (κ3) is 5.77. The Morgan fingerprint density at radius 3 is 2.30 bits per heavy atom. The number of rotatable bonds is 6. The SMILES string of the molecule is CCCC(C)(C)NC(=O)N1CCN(CCC(=O)O)CC1. The largest absolute Gasteiger partial charge is 0.481 e. The molecule has 1 heterocycles. The molecule has 6 heteroatoms. The van der Waals surface area contributed by atoms with E-state index in [1.807, 2.05) is 18.7 Å². The molecule has 2 N–H and O–H groups in total. The first-order valence-corrected chi connectivity index (χ1v) is 7.35. The highest BCUT2D eigenvalue weighted by Gasteiger charge is 2.25. The molecule has 0 radical (unpaired) electrons. The maximum Gasteiger partial charge on any atom is 0.317 e. The van der Waals surface area contributed by atoms with Crippen molar-refractivity contribution in [3.8, 4) is 0 Å². The molecule has 0 spiro atoms. The van der Waals surface area contributed by atoms with Crippen molar-refractivity contribution in [2.75, 3.05) is 32.7 Å². The summed E-state index contributed by atoms with van der Waals surface area (Å²) in [6.07, 6.45) is 2.16. The van der Waals surface area contributed by atoms with Gasteiger partial charge in [0.05, 0.1) is 6.42 Å². The maximum atomic E-state index is 12.2. The van der Waals surface area contributed by atoms with Gasteiger partial charge in [-0.2, -0.15) is 0 Å². The molecule has 1 aliphatic heterocycles. The Hall–Kier alpha value is -1.30. The summed E-state index contributed by atoms with van der Waals surface area (Å²) in [5.41, 5.74) is -0.174. The number of urea groups is 1. The molecule has 20 heavy (non-hydrogen) atoms. The lowest BCUT2D eigenvalue weighted by Crippen LogP contribution is -2.55. The number of carbonyl (C=O) groups excluding carboxylic acids is 1. The molecule has 0 unspecified atom stereocenters. The topological polar surface area (TPSA) is 72.9 Å². The minimum Gasteiger partial charge on any atom is -0.481 e. The molecule has 0 bridgehead atoms. The molecule has 0 aromatic carbocycles. The molecule has 1 aliphatic rings. The molecule has 1 saturated heterocycles. The lowest BCUT2D eigenvalue weighted by molar-refractivity contribution is -0.137. The number of carbonyl (C=O) groups is 2. The van der Waals surface area contributed by atoms with Crippen LogP contribution in [0.1, 0.15) is 40.0 Å². The number of carboxylic acid groups (broad SMARTS) is 1. The van der Waals surface area contributed by atoms with E-state index in [2.05, 4.69) is 17.1 Å². The average Bonchev–Trinajstić information content (AvgIpc) is 2.36. The van der Waals surface area contributed by atoms with E-state index in [9.17, 15) is 9.59 Å². The number of hydrogen-bond donors (Lipinski definition) is 2. The highest BCUT2D eigenvalue weighted by molar-refractivity contribution is 5.75. The van der Waals surface area contributed by atoms with Crippen LogP contribution in [0.2, 0.25) is 0 Å². The molecule has 1 rings (SSSR count). The number of carboxylic acids is 1. The second-order valence-electron chi connectivity index (χ2n) is 6.04. The van der Waals surface area contributed by atoms with E-state index in [0.29, 0.717) is 19.6 Å². The van der Waals surface area contributed by atoms with Crippen molar-refractivity contribution in [2.24, 2.45) is 0 Å². The first kappa shape index (κ1) is 16.8. The monoisotopic (exact) mass is 285 g/mol. The normalized spacial score (nSPS) is 17.1. The predicted octanol–water partition coefficient (Wildman–Crippen LogP) is 1.37. The van der Waals surface area contributed by atoms with Crippen LogP contribution < -0.4 is 5.32 Å². The number of hydrogen-bond acceptors (Lipinski definition) is 3. The molecule has 0 atom stereocenters. The summed E-state index contributed by atoms with van der Waals surface area (Å²) in [7, 11) is 0. The van der Waals surface area contributed by atoms with Gasteiger partial charge in [0.1, 0.15) is 0 Å². The fourth-order valence-corrected chi connectivity index (χ4v) is 2.48. The van der Waals surface area contributed by atoms with E-state index in [1.165, 1.54) is 0 Å². The van der Waals surface area contributed by atoms with Crippen LogP contribution in [0.15, 0.2) is 0 Å². The van der Waals surface area contributed by atoms with Crippen LogP contribution in [-0.2, 0) is 4.79 Å². The Morgan fingerprint density at radius 2 is 1.80 bits per heavy atom. The summed E-state index contributed by atoms with van der Waals surface area (Å²) in [5.74, 6) is -0.772. The third-order valence-corrected chi connectivity index (χ3v) is 3.62.